The molecule has 0 saturated carbocycles. The summed E-state index contributed by atoms with van der Waals surface area (Å²) in [6.07, 6.45) is -0.497. The third kappa shape index (κ3) is 1.80. The highest BCUT2D eigenvalue weighted by molar-refractivity contribution is 5.18. The van der Waals surface area contributed by atoms with Crippen molar-refractivity contribution in [3.05, 3.63) is 35.9 Å². The van der Waals surface area contributed by atoms with Gasteiger partial charge in [0.2, 0.25) is 0 Å². The first-order chi connectivity index (χ1) is 6.81. The molecule has 1 aliphatic heterocycles. The average molecular weight is 194 g/mol. The van der Waals surface area contributed by atoms with Crippen molar-refractivity contribution in [2.75, 3.05) is 6.61 Å². The van der Waals surface area contributed by atoms with Gasteiger partial charge in [0.25, 0.3) is 0 Å². The number of rotatable bonds is 2. The molecule has 1 heterocycles. The zero-order valence-corrected chi connectivity index (χ0v) is 7.84. The van der Waals surface area contributed by atoms with E-state index in [0.29, 0.717) is 6.42 Å². The first-order valence-corrected chi connectivity index (χ1v) is 4.80. The highest BCUT2D eigenvalue weighted by Gasteiger charge is 2.33. The van der Waals surface area contributed by atoms with E-state index in [1.807, 2.05) is 30.3 Å². The molecule has 0 amide bonds. The van der Waals surface area contributed by atoms with Crippen LogP contribution in [0.3, 0.4) is 0 Å². The minimum Gasteiger partial charge on any atom is -0.394 e. The van der Waals surface area contributed by atoms with Crippen LogP contribution in [0.2, 0.25) is 0 Å². The standard InChI is InChI=1S/C11H14O3/c12-7-11-9(13)6-10(14-11)8-4-2-1-3-5-8/h1-5,9-13H,6-7H2/t9-,10-,11-/m1/s1. The van der Waals surface area contributed by atoms with Crippen LogP contribution in [-0.4, -0.2) is 29.0 Å². The minimum absolute atomic E-state index is 0.0802. The second-order valence-electron chi connectivity index (χ2n) is 3.56. The first kappa shape index (κ1) is 9.65. The van der Waals surface area contributed by atoms with Gasteiger partial charge in [0.05, 0.1) is 18.8 Å². The van der Waals surface area contributed by atoms with Gasteiger partial charge in [-0.15, -0.1) is 0 Å². The Morgan fingerprint density at radius 3 is 2.57 bits per heavy atom. The zero-order valence-electron chi connectivity index (χ0n) is 7.84. The molecule has 14 heavy (non-hydrogen) atoms. The molecule has 3 heteroatoms. The Bertz CT molecular complexity index is 286. The van der Waals surface area contributed by atoms with Crippen LogP contribution < -0.4 is 0 Å². The predicted molar refractivity (Wildman–Crippen MR) is 51.8 cm³/mol. The van der Waals surface area contributed by atoms with Gasteiger partial charge in [0, 0.05) is 6.42 Å². The molecule has 2 rings (SSSR count). The third-order valence-electron chi connectivity index (χ3n) is 2.58. The molecule has 76 valence electrons. The number of hydrogen-bond donors (Lipinski definition) is 2. The van der Waals surface area contributed by atoms with Crippen molar-refractivity contribution in [3.63, 3.8) is 0 Å². The average Bonchev–Trinajstić information content (AvgIpc) is 2.61. The normalized spacial score (nSPS) is 32.0. The Morgan fingerprint density at radius 1 is 1.29 bits per heavy atom. The molecule has 0 radical (unpaired) electrons. The van der Waals surface area contributed by atoms with Crippen molar-refractivity contribution in [3.8, 4) is 0 Å². The molecule has 1 aromatic carbocycles. The molecule has 0 bridgehead atoms. The van der Waals surface area contributed by atoms with E-state index in [0.717, 1.165) is 5.56 Å². The Morgan fingerprint density at radius 2 is 2.00 bits per heavy atom. The summed E-state index contributed by atoms with van der Waals surface area (Å²) in [5.41, 5.74) is 1.06. The molecule has 3 atom stereocenters. The minimum atomic E-state index is -0.551. The van der Waals surface area contributed by atoms with E-state index in [9.17, 15) is 5.11 Å². The smallest absolute Gasteiger partial charge is 0.107 e. The Balaban J connectivity index is 2.09. The van der Waals surface area contributed by atoms with E-state index >= 15 is 0 Å². The fourth-order valence-electron chi connectivity index (χ4n) is 1.78. The summed E-state index contributed by atoms with van der Waals surface area (Å²) in [6.45, 7) is -0.121. The summed E-state index contributed by atoms with van der Waals surface area (Å²) in [4.78, 5) is 0. The van der Waals surface area contributed by atoms with Gasteiger partial charge in [0.1, 0.15) is 6.10 Å². The highest BCUT2D eigenvalue weighted by atomic mass is 16.5. The van der Waals surface area contributed by atoms with E-state index in [-0.39, 0.29) is 12.7 Å². The van der Waals surface area contributed by atoms with Crippen molar-refractivity contribution >= 4 is 0 Å². The molecule has 3 nitrogen and oxygen atoms in total. The summed E-state index contributed by atoms with van der Waals surface area (Å²) >= 11 is 0. The van der Waals surface area contributed by atoms with Crippen molar-refractivity contribution in [2.45, 2.75) is 24.7 Å². The van der Waals surface area contributed by atoms with Crippen LogP contribution in [-0.2, 0) is 4.74 Å². The van der Waals surface area contributed by atoms with E-state index < -0.39 is 12.2 Å². The van der Waals surface area contributed by atoms with E-state index in [2.05, 4.69) is 0 Å². The monoisotopic (exact) mass is 194 g/mol. The van der Waals surface area contributed by atoms with Crippen molar-refractivity contribution in [2.24, 2.45) is 0 Å². The number of aliphatic hydroxyl groups excluding tert-OH is 2. The van der Waals surface area contributed by atoms with Crippen LogP contribution in [0.25, 0.3) is 0 Å². The summed E-state index contributed by atoms with van der Waals surface area (Å²) in [5, 5.41) is 18.5. The molecular formula is C11H14O3. The van der Waals surface area contributed by atoms with Crippen LogP contribution in [0.1, 0.15) is 18.1 Å². The molecule has 0 aliphatic carbocycles. The second-order valence-corrected chi connectivity index (χ2v) is 3.56. The van der Waals surface area contributed by atoms with Crippen molar-refractivity contribution in [1.29, 1.82) is 0 Å². The lowest BCUT2D eigenvalue weighted by molar-refractivity contribution is -0.0225. The SMILES string of the molecule is OC[C@H]1O[C@@H](c2ccccc2)C[C@H]1O. The summed E-state index contributed by atoms with van der Waals surface area (Å²) < 4.78 is 5.51. The largest absolute Gasteiger partial charge is 0.394 e. The van der Waals surface area contributed by atoms with E-state index in [1.54, 1.807) is 0 Å². The molecule has 0 unspecified atom stereocenters. The number of benzene rings is 1. The second kappa shape index (κ2) is 4.09. The van der Waals surface area contributed by atoms with Gasteiger partial charge < -0.3 is 14.9 Å². The van der Waals surface area contributed by atoms with Crippen LogP contribution >= 0.6 is 0 Å². The third-order valence-corrected chi connectivity index (χ3v) is 2.58. The predicted octanol–water partition coefficient (Wildman–Crippen LogP) is 0.870. The summed E-state index contributed by atoms with van der Waals surface area (Å²) in [7, 11) is 0. The highest BCUT2D eigenvalue weighted by Crippen LogP contribution is 2.32. The molecule has 2 N–H and O–H groups in total. The molecular weight excluding hydrogens is 180 g/mol. The molecule has 1 saturated heterocycles. The quantitative estimate of drug-likeness (QED) is 0.734. The lowest BCUT2D eigenvalue weighted by atomic mass is 10.1. The maximum absolute atomic E-state index is 9.54. The Hall–Kier alpha value is -0.900. The van der Waals surface area contributed by atoms with Crippen molar-refractivity contribution in [1.82, 2.24) is 0 Å². The van der Waals surface area contributed by atoms with Gasteiger partial charge in [-0.3, -0.25) is 0 Å². The van der Waals surface area contributed by atoms with Crippen LogP contribution in [0, 0.1) is 0 Å². The lowest BCUT2D eigenvalue weighted by Crippen LogP contribution is -2.24. The fraction of sp³-hybridized carbons (Fsp3) is 0.455. The Labute approximate surface area is 83.0 Å². The molecule has 0 aromatic heterocycles. The fourth-order valence-corrected chi connectivity index (χ4v) is 1.78. The van der Waals surface area contributed by atoms with Gasteiger partial charge in [-0.2, -0.15) is 0 Å². The van der Waals surface area contributed by atoms with E-state index in [4.69, 9.17) is 9.84 Å². The topological polar surface area (TPSA) is 49.7 Å². The molecule has 1 aliphatic rings. The van der Waals surface area contributed by atoms with Gasteiger partial charge in [-0.05, 0) is 5.56 Å². The molecule has 0 spiro atoms. The summed E-state index contributed by atoms with van der Waals surface area (Å²) in [5.74, 6) is 0. The zero-order chi connectivity index (χ0) is 9.97. The van der Waals surface area contributed by atoms with Gasteiger partial charge >= 0.3 is 0 Å². The molecule has 1 fully saturated rings. The van der Waals surface area contributed by atoms with Gasteiger partial charge in [-0.1, -0.05) is 30.3 Å². The van der Waals surface area contributed by atoms with Crippen LogP contribution in [0.15, 0.2) is 30.3 Å². The number of hydrogen-bond acceptors (Lipinski definition) is 3. The van der Waals surface area contributed by atoms with Crippen LogP contribution in [0.4, 0.5) is 0 Å². The van der Waals surface area contributed by atoms with Crippen molar-refractivity contribution < 1.29 is 14.9 Å². The maximum atomic E-state index is 9.54. The first-order valence-electron chi connectivity index (χ1n) is 4.80. The summed E-state index contributed by atoms with van der Waals surface area (Å²) in [6, 6.07) is 9.77. The van der Waals surface area contributed by atoms with E-state index in [1.165, 1.54) is 0 Å². The number of ether oxygens (including phenoxy) is 1. The van der Waals surface area contributed by atoms with Gasteiger partial charge in [-0.25, -0.2) is 0 Å². The maximum Gasteiger partial charge on any atom is 0.107 e. The van der Waals surface area contributed by atoms with Gasteiger partial charge in [0.15, 0.2) is 0 Å². The lowest BCUT2D eigenvalue weighted by Gasteiger charge is -2.11. The van der Waals surface area contributed by atoms with Crippen LogP contribution in [0.5, 0.6) is 0 Å². The number of aliphatic hydroxyl groups is 2. The Kier molecular flexibility index (Phi) is 2.82. The molecule has 1 aromatic rings.